The summed E-state index contributed by atoms with van der Waals surface area (Å²) in [5.41, 5.74) is 0.650. The molecule has 0 bridgehead atoms. The van der Waals surface area contributed by atoms with Gasteiger partial charge in [-0.1, -0.05) is 6.92 Å². The van der Waals surface area contributed by atoms with Crippen LogP contribution in [-0.4, -0.2) is 28.2 Å². The number of carbonyl (C=O) groups is 1. The third kappa shape index (κ3) is 3.09. The van der Waals surface area contributed by atoms with Crippen LogP contribution in [0.1, 0.15) is 30.8 Å². The van der Waals surface area contributed by atoms with Crippen LogP contribution in [0.3, 0.4) is 0 Å². The van der Waals surface area contributed by atoms with Gasteiger partial charge in [-0.3, -0.25) is 4.79 Å². The van der Waals surface area contributed by atoms with E-state index in [1.807, 2.05) is 16.8 Å². The Labute approximate surface area is 89.9 Å². The van der Waals surface area contributed by atoms with Crippen LogP contribution >= 0.6 is 0 Å². The zero-order chi connectivity index (χ0) is 11.3. The molecule has 1 rings (SSSR count). The minimum atomic E-state index is -0.206. The van der Waals surface area contributed by atoms with Gasteiger partial charge < -0.3 is 15.0 Å². The van der Waals surface area contributed by atoms with E-state index in [0.717, 1.165) is 13.0 Å². The Morgan fingerprint density at radius 3 is 3.00 bits per heavy atom. The van der Waals surface area contributed by atoms with Crippen molar-refractivity contribution in [1.29, 1.82) is 0 Å². The molecule has 2 N–H and O–H groups in total. The van der Waals surface area contributed by atoms with Crippen molar-refractivity contribution in [3.63, 3.8) is 0 Å². The van der Waals surface area contributed by atoms with E-state index < -0.39 is 0 Å². The Kier molecular flexibility index (Phi) is 4.37. The summed E-state index contributed by atoms with van der Waals surface area (Å²) in [4.78, 5) is 11.7. The number of hydrogen-bond donors (Lipinski definition) is 2. The number of nitrogens with one attached hydrogen (secondary N) is 1. The van der Waals surface area contributed by atoms with Gasteiger partial charge in [0.15, 0.2) is 0 Å². The number of aliphatic hydroxyl groups excluding tert-OH is 1. The lowest BCUT2D eigenvalue weighted by Gasteiger charge is -2.12. The molecule has 0 radical (unpaired) electrons. The molecule has 84 valence electrons. The number of aliphatic hydroxyl groups is 1. The van der Waals surface area contributed by atoms with Crippen molar-refractivity contribution < 1.29 is 9.90 Å². The maximum absolute atomic E-state index is 11.7. The van der Waals surface area contributed by atoms with E-state index in [0.29, 0.717) is 5.69 Å². The van der Waals surface area contributed by atoms with Gasteiger partial charge in [0.05, 0.1) is 6.61 Å². The van der Waals surface area contributed by atoms with E-state index in [9.17, 15) is 4.79 Å². The van der Waals surface area contributed by atoms with Crippen molar-refractivity contribution in [2.24, 2.45) is 0 Å². The smallest absolute Gasteiger partial charge is 0.268 e. The Morgan fingerprint density at radius 2 is 2.40 bits per heavy atom. The Hall–Kier alpha value is -1.29. The number of carbonyl (C=O) groups excluding carboxylic acids is 1. The fourth-order valence-electron chi connectivity index (χ4n) is 1.40. The molecular formula is C11H18N2O2. The van der Waals surface area contributed by atoms with Crippen LogP contribution in [-0.2, 0) is 6.54 Å². The van der Waals surface area contributed by atoms with Crippen molar-refractivity contribution in [2.45, 2.75) is 32.9 Å². The number of nitrogens with zero attached hydrogens (tertiary/aromatic N) is 1. The van der Waals surface area contributed by atoms with Gasteiger partial charge in [-0.05, 0) is 25.5 Å². The number of hydrogen-bond acceptors (Lipinski definition) is 2. The number of aromatic nitrogens is 1. The second-order valence-electron chi connectivity index (χ2n) is 3.64. The quantitative estimate of drug-likeness (QED) is 0.762. The molecule has 0 saturated carbocycles. The zero-order valence-corrected chi connectivity index (χ0v) is 9.23. The van der Waals surface area contributed by atoms with Crippen molar-refractivity contribution in [3.8, 4) is 0 Å². The number of amides is 1. The standard InChI is InChI=1S/C11H18N2O2/c1-3-6-13-7-4-5-10(13)11(15)12-9(2)8-14/h4-5,7,9,14H,3,6,8H2,1-2H3,(H,12,15)/t9-/m0/s1. The minimum absolute atomic E-state index is 0.0414. The average molecular weight is 210 g/mol. The molecule has 1 aromatic rings. The number of rotatable bonds is 5. The molecule has 1 atom stereocenters. The van der Waals surface area contributed by atoms with E-state index in [-0.39, 0.29) is 18.6 Å². The Morgan fingerprint density at radius 1 is 1.67 bits per heavy atom. The van der Waals surface area contributed by atoms with Gasteiger partial charge in [-0.2, -0.15) is 0 Å². The maximum Gasteiger partial charge on any atom is 0.268 e. The summed E-state index contributed by atoms with van der Waals surface area (Å²) in [6.07, 6.45) is 2.88. The van der Waals surface area contributed by atoms with Crippen molar-refractivity contribution in [3.05, 3.63) is 24.0 Å². The second kappa shape index (κ2) is 5.56. The normalized spacial score (nSPS) is 12.5. The molecule has 1 aromatic heterocycles. The molecule has 4 heteroatoms. The van der Waals surface area contributed by atoms with Gasteiger partial charge in [0.2, 0.25) is 0 Å². The molecule has 1 heterocycles. The summed E-state index contributed by atoms with van der Waals surface area (Å²) >= 11 is 0. The van der Waals surface area contributed by atoms with Crippen LogP contribution in [0.5, 0.6) is 0 Å². The van der Waals surface area contributed by atoms with Crippen LogP contribution in [0.25, 0.3) is 0 Å². The molecule has 0 saturated heterocycles. The van der Waals surface area contributed by atoms with Gasteiger partial charge in [-0.15, -0.1) is 0 Å². The lowest BCUT2D eigenvalue weighted by atomic mass is 10.3. The second-order valence-corrected chi connectivity index (χ2v) is 3.64. The molecule has 0 aliphatic rings. The van der Waals surface area contributed by atoms with Crippen LogP contribution in [0.2, 0.25) is 0 Å². The molecule has 0 spiro atoms. The first-order valence-electron chi connectivity index (χ1n) is 5.26. The third-order valence-electron chi connectivity index (χ3n) is 2.18. The van der Waals surface area contributed by atoms with Gasteiger partial charge in [0, 0.05) is 18.8 Å². The van der Waals surface area contributed by atoms with Gasteiger partial charge in [0.25, 0.3) is 5.91 Å². The molecule has 4 nitrogen and oxygen atoms in total. The van der Waals surface area contributed by atoms with E-state index in [2.05, 4.69) is 12.2 Å². The minimum Gasteiger partial charge on any atom is -0.394 e. The molecule has 0 fully saturated rings. The first-order valence-corrected chi connectivity index (χ1v) is 5.26. The number of aryl methyl sites for hydroxylation is 1. The zero-order valence-electron chi connectivity index (χ0n) is 9.23. The van der Waals surface area contributed by atoms with E-state index in [1.54, 1.807) is 13.0 Å². The van der Waals surface area contributed by atoms with Crippen molar-refractivity contribution in [1.82, 2.24) is 9.88 Å². The lowest BCUT2D eigenvalue weighted by Crippen LogP contribution is -2.36. The van der Waals surface area contributed by atoms with E-state index in [4.69, 9.17) is 5.11 Å². The van der Waals surface area contributed by atoms with Gasteiger partial charge >= 0.3 is 0 Å². The monoisotopic (exact) mass is 210 g/mol. The van der Waals surface area contributed by atoms with Crippen LogP contribution in [0, 0.1) is 0 Å². The summed E-state index contributed by atoms with van der Waals surface area (Å²) < 4.78 is 1.92. The van der Waals surface area contributed by atoms with Gasteiger partial charge in [-0.25, -0.2) is 0 Å². The Balaban J connectivity index is 2.68. The third-order valence-corrected chi connectivity index (χ3v) is 2.18. The average Bonchev–Trinajstić information content (AvgIpc) is 2.66. The fourth-order valence-corrected chi connectivity index (χ4v) is 1.40. The SMILES string of the molecule is CCCn1cccc1C(=O)N[C@@H](C)CO. The summed E-state index contributed by atoms with van der Waals surface area (Å²) in [6.45, 7) is 4.63. The predicted molar refractivity (Wildman–Crippen MR) is 58.7 cm³/mol. The molecular weight excluding hydrogens is 192 g/mol. The molecule has 0 aromatic carbocycles. The maximum atomic E-state index is 11.7. The summed E-state index contributed by atoms with van der Waals surface area (Å²) in [5.74, 6) is -0.130. The highest BCUT2D eigenvalue weighted by molar-refractivity contribution is 5.92. The summed E-state index contributed by atoms with van der Waals surface area (Å²) in [6, 6.07) is 3.44. The molecule has 15 heavy (non-hydrogen) atoms. The first kappa shape index (κ1) is 11.8. The van der Waals surface area contributed by atoms with E-state index in [1.165, 1.54) is 0 Å². The first-order chi connectivity index (χ1) is 7.19. The van der Waals surface area contributed by atoms with E-state index >= 15 is 0 Å². The highest BCUT2D eigenvalue weighted by Gasteiger charge is 2.12. The Bertz CT molecular complexity index is 320. The molecule has 1 amide bonds. The molecule has 0 aliphatic carbocycles. The van der Waals surface area contributed by atoms with Crippen molar-refractivity contribution >= 4 is 5.91 Å². The highest BCUT2D eigenvalue weighted by atomic mass is 16.3. The lowest BCUT2D eigenvalue weighted by molar-refractivity contribution is 0.0913. The highest BCUT2D eigenvalue weighted by Crippen LogP contribution is 2.03. The van der Waals surface area contributed by atoms with Crippen LogP contribution < -0.4 is 5.32 Å². The molecule has 0 aliphatic heterocycles. The van der Waals surface area contributed by atoms with Crippen LogP contribution in [0.4, 0.5) is 0 Å². The van der Waals surface area contributed by atoms with Crippen molar-refractivity contribution in [2.75, 3.05) is 6.61 Å². The predicted octanol–water partition coefficient (Wildman–Crippen LogP) is 1.01. The van der Waals surface area contributed by atoms with Crippen LogP contribution in [0.15, 0.2) is 18.3 Å². The summed E-state index contributed by atoms with van der Waals surface area (Å²) in [7, 11) is 0. The summed E-state index contributed by atoms with van der Waals surface area (Å²) in [5, 5.41) is 11.6. The molecule has 0 unspecified atom stereocenters. The van der Waals surface area contributed by atoms with Gasteiger partial charge in [0.1, 0.15) is 5.69 Å². The topological polar surface area (TPSA) is 54.3 Å². The fraction of sp³-hybridized carbons (Fsp3) is 0.545. The largest absolute Gasteiger partial charge is 0.394 e.